The molecule has 0 heterocycles. The van der Waals surface area contributed by atoms with Gasteiger partial charge in [-0.3, -0.25) is 4.79 Å². The zero-order valence-electron chi connectivity index (χ0n) is 16.3. The van der Waals surface area contributed by atoms with Crippen molar-refractivity contribution in [3.63, 3.8) is 0 Å². The summed E-state index contributed by atoms with van der Waals surface area (Å²) in [6, 6.07) is 13.8. The first kappa shape index (κ1) is 19.8. The van der Waals surface area contributed by atoms with Crippen LogP contribution in [-0.4, -0.2) is 18.1 Å². The molecule has 0 unspecified atom stereocenters. The molecule has 2 rings (SSSR count). The predicted octanol–water partition coefficient (Wildman–Crippen LogP) is 4.56. The molecule has 1 atom stereocenters. The van der Waals surface area contributed by atoms with E-state index in [0.717, 1.165) is 28.2 Å². The number of ether oxygens (including phenoxy) is 2. The van der Waals surface area contributed by atoms with E-state index in [9.17, 15) is 4.79 Å². The lowest BCUT2D eigenvalue weighted by molar-refractivity contribution is -0.128. The molecular formula is C22H29NO3. The third-order valence-corrected chi connectivity index (χ3v) is 4.04. The summed E-state index contributed by atoms with van der Waals surface area (Å²) < 4.78 is 11.6. The van der Waals surface area contributed by atoms with Crippen molar-refractivity contribution in [1.82, 2.24) is 5.32 Å². The van der Waals surface area contributed by atoms with Gasteiger partial charge in [0.15, 0.2) is 6.10 Å². The zero-order chi connectivity index (χ0) is 19.1. The first-order chi connectivity index (χ1) is 12.4. The number of nitrogens with one attached hydrogen (secondary N) is 1. The van der Waals surface area contributed by atoms with Crippen LogP contribution in [0, 0.1) is 13.8 Å². The van der Waals surface area contributed by atoms with Gasteiger partial charge in [0.05, 0.1) is 6.10 Å². The van der Waals surface area contributed by atoms with E-state index in [1.54, 1.807) is 0 Å². The quantitative estimate of drug-likeness (QED) is 0.755. The molecule has 0 saturated carbocycles. The average Bonchev–Trinajstić information content (AvgIpc) is 2.61. The molecule has 1 amide bonds. The SMILES string of the molecule is CC[C@H](Oc1cc(C)ccc1C)C(=O)NCc1ccc(OC(C)C)cc1. The normalized spacial score (nSPS) is 11.9. The van der Waals surface area contributed by atoms with Gasteiger partial charge in [-0.25, -0.2) is 0 Å². The van der Waals surface area contributed by atoms with Gasteiger partial charge in [0.2, 0.25) is 0 Å². The summed E-state index contributed by atoms with van der Waals surface area (Å²) in [4.78, 5) is 12.5. The highest BCUT2D eigenvalue weighted by atomic mass is 16.5. The van der Waals surface area contributed by atoms with Crippen LogP contribution in [0.2, 0.25) is 0 Å². The van der Waals surface area contributed by atoms with Crippen molar-refractivity contribution < 1.29 is 14.3 Å². The van der Waals surface area contributed by atoms with E-state index in [0.29, 0.717) is 13.0 Å². The molecule has 1 N–H and O–H groups in total. The van der Waals surface area contributed by atoms with E-state index in [1.165, 1.54) is 0 Å². The molecule has 26 heavy (non-hydrogen) atoms. The van der Waals surface area contributed by atoms with Crippen molar-refractivity contribution in [2.75, 3.05) is 0 Å². The summed E-state index contributed by atoms with van der Waals surface area (Å²) in [5.41, 5.74) is 3.17. The zero-order valence-corrected chi connectivity index (χ0v) is 16.3. The second-order valence-electron chi connectivity index (χ2n) is 6.81. The molecule has 0 aromatic heterocycles. The van der Waals surface area contributed by atoms with Gasteiger partial charge in [-0.05, 0) is 69.0 Å². The molecule has 0 spiro atoms. The Labute approximate surface area is 156 Å². The smallest absolute Gasteiger partial charge is 0.261 e. The lowest BCUT2D eigenvalue weighted by Crippen LogP contribution is -2.37. The number of carbonyl (C=O) groups excluding carboxylic acids is 1. The largest absolute Gasteiger partial charge is 0.491 e. The van der Waals surface area contributed by atoms with Crippen molar-refractivity contribution in [2.45, 2.75) is 59.8 Å². The number of rotatable bonds is 8. The Hall–Kier alpha value is -2.49. The highest BCUT2D eigenvalue weighted by Crippen LogP contribution is 2.21. The van der Waals surface area contributed by atoms with Crippen LogP contribution in [-0.2, 0) is 11.3 Å². The standard InChI is InChI=1S/C22H29NO3/c1-6-20(26-21-13-16(4)7-8-17(21)5)22(24)23-14-18-9-11-19(12-10-18)25-15(2)3/h7-13,15,20H,6,14H2,1-5H3,(H,23,24)/t20-/m0/s1. The fourth-order valence-corrected chi connectivity index (χ4v) is 2.57. The lowest BCUT2D eigenvalue weighted by Gasteiger charge is -2.19. The van der Waals surface area contributed by atoms with E-state index >= 15 is 0 Å². The Morgan fingerprint density at radius 1 is 1.04 bits per heavy atom. The number of benzene rings is 2. The van der Waals surface area contributed by atoms with Crippen LogP contribution in [0.1, 0.15) is 43.9 Å². The van der Waals surface area contributed by atoms with Crippen molar-refractivity contribution in [1.29, 1.82) is 0 Å². The number of amides is 1. The molecule has 0 saturated heterocycles. The van der Waals surface area contributed by atoms with Crippen LogP contribution in [0.5, 0.6) is 11.5 Å². The van der Waals surface area contributed by atoms with Crippen LogP contribution in [0.3, 0.4) is 0 Å². The summed E-state index contributed by atoms with van der Waals surface area (Å²) in [7, 11) is 0. The highest BCUT2D eigenvalue weighted by Gasteiger charge is 2.19. The van der Waals surface area contributed by atoms with E-state index < -0.39 is 6.10 Å². The summed E-state index contributed by atoms with van der Waals surface area (Å²) in [6.07, 6.45) is 0.257. The lowest BCUT2D eigenvalue weighted by atomic mass is 10.1. The number of carbonyl (C=O) groups is 1. The molecule has 4 nitrogen and oxygen atoms in total. The average molecular weight is 355 g/mol. The van der Waals surface area contributed by atoms with Crippen LogP contribution in [0.15, 0.2) is 42.5 Å². The van der Waals surface area contributed by atoms with Crippen LogP contribution in [0.25, 0.3) is 0 Å². The van der Waals surface area contributed by atoms with Crippen LogP contribution in [0.4, 0.5) is 0 Å². The van der Waals surface area contributed by atoms with Gasteiger partial charge >= 0.3 is 0 Å². The molecular weight excluding hydrogens is 326 g/mol. The molecule has 2 aromatic carbocycles. The first-order valence-corrected chi connectivity index (χ1v) is 9.16. The molecule has 4 heteroatoms. The van der Waals surface area contributed by atoms with Gasteiger partial charge in [0, 0.05) is 6.54 Å². The van der Waals surface area contributed by atoms with Crippen molar-refractivity contribution >= 4 is 5.91 Å². The van der Waals surface area contributed by atoms with Gasteiger partial charge in [0.1, 0.15) is 11.5 Å². The molecule has 0 aliphatic rings. The van der Waals surface area contributed by atoms with E-state index in [1.807, 2.05) is 77.1 Å². The maximum absolute atomic E-state index is 12.5. The Morgan fingerprint density at radius 3 is 2.35 bits per heavy atom. The Bertz CT molecular complexity index is 723. The maximum Gasteiger partial charge on any atom is 0.261 e. The second kappa shape index (κ2) is 9.27. The minimum Gasteiger partial charge on any atom is -0.491 e. The number of hydrogen-bond acceptors (Lipinski definition) is 3. The van der Waals surface area contributed by atoms with E-state index in [-0.39, 0.29) is 12.0 Å². The monoisotopic (exact) mass is 355 g/mol. The van der Waals surface area contributed by atoms with Gasteiger partial charge in [0.25, 0.3) is 5.91 Å². The molecule has 0 radical (unpaired) electrons. The summed E-state index contributed by atoms with van der Waals surface area (Å²) in [6.45, 7) is 10.4. The molecule has 0 fully saturated rings. The molecule has 140 valence electrons. The third kappa shape index (κ3) is 5.80. The number of aryl methyl sites for hydroxylation is 2. The molecule has 0 bridgehead atoms. The van der Waals surface area contributed by atoms with Crippen LogP contribution < -0.4 is 14.8 Å². The van der Waals surface area contributed by atoms with Crippen molar-refractivity contribution in [2.24, 2.45) is 0 Å². The fraction of sp³-hybridized carbons (Fsp3) is 0.409. The minimum atomic E-state index is -0.501. The first-order valence-electron chi connectivity index (χ1n) is 9.16. The van der Waals surface area contributed by atoms with E-state index in [2.05, 4.69) is 5.32 Å². The second-order valence-corrected chi connectivity index (χ2v) is 6.81. The summed E-state index contributed by atoms with van der Waals surface area (Å²) >= 11 is 0. The Kier molecular flexibility index (Phi) is 7.07. The van der Waals surface area contributed by atoms with Crippen LogP contribution >= 0.6 is 0 Å². The van der Waals surface area contributed by atoms with Crippen molar-refractivity contribution in [3.05, 3.63) is 59.2 Å². The summed E-state index contributed by atoms with van der Waals surface area (Å²) in [5.74, 6) is 1.50. The highest BCUT2D eigenvalue weighted by molar-refractivity contribution is 5.81. The van der Waals surface area contributed by atoms with Gasteiger partial charge in [-0.15, -0.1) is 0 Å². The third-order valence-electron chi connectivity index (χ3n) is 4.04. The van der Waals surface area contributed by atoms with Gasteiger partial charge in [-0.1, -0.05) is 31.2 Å². The maximum atomic E-state index is 12.5. The Morgan fingerprint density at radius 2 is 1.73 bits per heavy atom. The van der Waals surface area contributed by atoms with E-state index in [4.69, 9.17) is 9.47 Å². The number of hydrogen-bond donors (Lipinski definition) is 1. The predicted molar refractivity (Wildman–Crippen MR) is 105 cm³/mol. The molecule has 0 aliphatic carbocycles. The minimum absolute atomic E-state index is 0.101. The van der Waals surface area contributed by atoms with Gasteiger partial charge < -0.3 is 14.8 Å². The Balaban J connectivity index is 1.93. The van der Waals surface area contributed by atoms with Gasteiger partial charge in [-0.2, -0.15) is 0 Å². The summed E-state index contributed by atoms with van der Waals surface area (Å²) in [5, 5.41) is 2.96. The molecule has 0 aliphatic heterocycles. The van der Waals surface area contributed by atoms with Crippen molar-refractivity contribution in [3.8, 4) is 11.5 Å². The molecule has 2 aromatic rings. The topological polar surface area (TPSA) is 47.6 Å². The fourth-order valence-electron chi connectivity index (χ4n) is 2.57.